The second-order valence-electron chi connectivity index (χ2n) is 8.29. The Bertz CT molecular complexity index is 1060. The zero-order chi connectivity index (χ0) is 22.0. The van der Waals surface area contributed by atoms with Gasteiger partial charge in [0, 0.05) is 45.5 Å². The lowest BCUT2D eigenvalue weighted by Crippen LogP contribution is -2.36. The second kappa shape index (κ2) is 9.32. The van der Waals surface area contributed by atoms with Gasteiger partial charge in [0.1, 0.15) is 0 Å². The molecule has 1 saturated heterocycles. The number of aromatic nitrogens is 3. The molecule has 2 aromatic rings. The van der Waals surface area contributed by atoms with E-state index in [1.54, 1.807) is 26.7 Å². The topological polar surface area (TPSA) is 97.3 Å². The number of nitrogens with two attached hydrogens (primary N) is 1. The van der Waals surface area contributed by atoms with Crippen LogP contribution in [0.3, 0.4) is 0 Å². The number of hydrogen-bond donors (Lipinski definition) is 1. The Morgan fingerprint density at radius 1 is 1.16 bits per heavy atom. The molecule has 0 atom stereocenters. The molecule has 4 rings (SSSR count). The van der Waals surface area contributed by atoms with E-state index in [1.165, 1.54) is 5.56 Å². The number of benzene rings is 1. The number of nitrogens with zero attached hydrogens (tertiary/aromatic N) is 5. The van der Waals surface area contributed by atoms with Gasteiger partial charge in [-0.1, -0.05) is 36.4 Å². The number of hydrogen-bond acceptors (Lipinski definition) is 7. The lowest BCUT2D eigenvalue weighted by atomic mass is 9.99. The smallest absolute Gasteiger partial charge is 0.243 e. The molecule has 0 aliphatic carbocycles. The molecule has 0 spiro atoms. The molecular formula is C21H30N6O2S2. The van der Waals surface area contributed by atoms with Crippen molar-refractivity contribution in [3.8, 4) is 0 Å². The van der Waals surface area contributed by atoms with E-state index in [0.29, 0.717) is 23.9 Å². The maximum atomic E-state index is 13.1. The van der Waals surface area contributed by atoms with Crippen LogP contribution in [0.5, 0.6) is 0 Å². The fourth-order valence-corrected chi connectivity index (χ4v) is 6.50. The van der Waals surface area contributed by atoms with Crippen molar-refractivity contribution in [2.75, 3.05) is 37.7 Å². The molecule has 10 heteroatoms. The average molecular weight is 463 g/mol. The van der Waals surface area contributed by atoms with E-state index in [4.69, 9.17) is 5.73 Å². The van der Waals surface area contributed by atoms with Gasteiger partial charge >= 0.3 is 0 Å². The van der Waals surface area contributed by atoms with Crippen LogP contribution in [-0.2, 0) is 30.0 Å². The van der Waals surface area contributed by atoms with Gasteiger partial charge in [-0.25, -0.2) is 8.42 Å². The van der Waals surface area contributed by atoms with Crippen LogP contribution in [0.2, 0.25) is 0 Å². The van der Waals surface area contributed by atoms with E-state index in [-0.39, 0.29) is 0 Å². The highest BCUT2D eigenvalue weighted by atomic mass is 32.2. The van der Waals surface area contributed by atoms with Crippen LogP contribution < -0.4 is 5.73 Å². The normalized spacial score (nSPS) is 18.1. The first-order valence-corrected chi connectivity index (χ1v) is 13.1. The molecule has 1 fully saturated rings. The predicted octanol–water partition coefficient (Wildman–Crippen LogP) is 2.28. The Labute approximate surface area is 188 Å². The molecular weight excluding hydrogens is 432 g/mol. The summed E-state index contributed by atoms with van der Waals surface area (Å²) < 4.78 is 29.5. The third-order valence-electron chi connectivity index (χ3n) is 5.94. The number of sulfonamides is 1. The van der Waals surface area contributed by atoms with E-state index in [2.05, 4.69) is 21.7 Å². The van der Waals surface area contributed by atoms with Gasteiger partial charge in [-0.15, -0.1) is 10.2 Å². The summed E-state index contributed by atoms with van der Waals surface area (Å²) in [5, 5.41) is 8.72. The molecule has 1 aromatic heterocycles. The van der Waals surface area contributed by atoms with Crippen molar-refractivity contribution in [1.82, 2.24) is 24.0 Å². The summed E-state index contributed by atoms with van der Waals surface area (Å²) in [6.07, 6.45) is 3.91. The summed E-state index contributed by atoms with van der Waals surface area (Å²) in [4.78, 5) is 2.75. The SMILES string of the molecule is C=C(CSc1nnc(N)n1C)CN1CCc2ccc(S(=O)(=O)N3CCCCC3)cc2C1. The average Bonchev–Trinajstić information content (AvgIpc) is 3.10. The summed E-state index contributed by atoms with van der Waals surface area (Å²) in [7, 11) is -1.56. The van der Waals surface area contributed by atoms with Gasteiger partial charge in [0.2, 0.25) is 16.0 Å². The highest BCUT2D eigenvalue weighted by Crippen LogP contribution is 2.27. The molecule has 31 heavy (non-hydrogen) atoms. The van der Waals surface area contributed by atoms with Crippen LogP contribution in [0.4, 0.5) is 5.95 Å². The molecule has 0 bridgehead atoms. The van der Waals surface area contributed by atoms with Crippen LogP contribution in [0, 0.1) is 0 Å². The number of thioether (sulfide) groups is 1. The van der Waals surface area contributed by atoms with Crippen molar-refractivity contribution < 1.29 is 8.42 Å². The summed E-state index contributed by atoms with van der Waals surface area (Å²) in [5.41, 5.74) is 9.16. The lowest BCUT2D eigenvalue weighted by molar-refractivity contribution is 0.276. The first kappa shape index (κ1) is 22.3. The molecule has 2 N–H and O–H groups in total. The Hall–Kier alpha value is -1.88. The Kier molecular flexibility index (Phi) is 6.71. The van der Waals surface area contributed by atoms with Gasteiger partial charge in [0.25, 0.3) is 0 Å². The second-order valence-corrected chi connectivity index (χ2v) is 11.2. The molecule has 168 valence electrons. The van der Waals surface area contributed by atoms with Gasteiger partial charge in [0.05, 0.1) is 4.90 Å². The van der Waals surface area contributed by atoms with E-state index in [9.17, 15) is 8.42 Å². The minimum atomic E-state index is -3.41. The lowest BCUT2D eigenvalue weighted by Gasteiger charge is -2.30. The van der Waals surface area contributed by atoms with Crippen molar-refractivity contribution in [2.24, 2.45) is 7.05 Å². The largest absolute Gasteiger partial charge is 0.368 e. The Balaban J connectivity index is 1.39. The highest BCUT2D eigenvalue weighted by molar-refractivity contribution is 7.99. The third-order valence-corrected chi connectivity index (χ3v) is 9.00. The van der Waals surface area contributed by atoms with Crippen LogP contribution >= 0.6 is 11.8 Å². The minimum absolute atomic E-state index is 0.399. The van der Waals surface area contributed by atoms with Gasteiger partial charge in [0.15, 0.2) is 5.16 Å². The van der Waals surface area contributed by atoms with Gasteiger partial charge in [-0.05, 0) is 42.5 Å². The zero-order valence-corrected chi connectivity index (χ0v) is 19.6. The summed E-state index contributed by atoms with van der Waals surface area (Å²) >= 11 is 1.57. The molecule has 8 nitrogen and oxygen atoms in total. The van der Waals surface area contributed by atoms with E-state index in [0.717, 1.165) is 67.4 Å². The van der Waals surface area contributed by atoms with Crippen LogP contribution in [0.15, 0.2) is 40.4 Å². The maximum absolute atomic E-state index is 13.1. The van der Waals surface area contributed by atoms with Crippen molar-refractivity contribution in [2.45, 2.75) is 42.3 Å². The number of fused-ring (bicyclic) bond motifs is 1. The van der Waals surface area contributed by atoms with Crippen LogP contribution in [0.1, 0.15) is 30.4 Å². The molecule has 0 unspecified atom stereocenters. The Morgan fingerprint density at radius 2 is 1.94 bits per heavy atom. The number of nitrogen functional groups attached to an aromatic ring is 1. The molecule has 0 saturated carbocycles. The summed E-state index contributed by atoms with van der Waals surface area (Å²) in [5.74, 6) is 1.13. The standard InChI is InChI=1S/C21H30N6O2S2/c1-16(15-30-21-24-23-20(22)25(21)2)13-26-11-8-17-6-7-19(12-18(17)14-26)31(28,29)27-9-4-3-5-10-27/h6-7,12H,1,3-5,8-11,13-15H2,2H3,(H2,22,23). The molecule has 0 radical (unpaired) electrons. The summed E-state index contributed by atoms with van der Waals surface area (Å²) in [6.45, 7) is 7.91. The van der Waals surface area contributed by atoms with E-state index >= 15 is 0 Å². The fourth-order valence-electron chi connectivity index (χ4n) is 4.12. The van der Waals surface area contributed by atoms with E-state index < -0.39 is 10.0 Å². The highest BCUT2D eigenvalue weighted by Gasteiger charge is 2.27. The molecule has 0 amide bonds. The van der Waals surface area contributed by atoms with Crippen molar-refractivity contribution in [3.63, 3.8) is 0 Å². The van der Waals surface area contributed by atoms with Crippen LogP contribution in [-0.4, -0.2) is 64.3 Å². The minimum Gasteiger partial charge on any atom is -0.368 e. The quantitative estimate of drug-likeness (QED) is 0.498. The Morgan fingerprint density at radius 3 is 2.65 bits per heavy atom. The molecule has 2 aliphatic rings. The van der Waals surface area contributed by atoms with Gasteiger partial charge in [-0.3, -0.25) is 9.47 Å². The third kappa shape index (κ3) is 4.97. The predicted molar refractivity (Wildman–Crippen MR) is 123 cm³/mol. The van der Waals surface area contributed by atoms with Crippen LogP contribution in [0.25, 0.3) is 0 Å². The molecule has 2 aliphatic heterocycles. The van der Waals surface area contributed by atoms with Gasteiger partial charge in [-0.2, -0.15) is 4.31 Å². The van der Waals surface area contributed by atoms with Crippen molar-refractivity contribution >= 4 is 27.7 Å². The monoisotopic (exact) mass is 462 g/mol. The van der Waals surface area contributed by atoms with Gasteiger partial charge < -0.3 is 5.73 Å². The fraction of sp³-hybridized carbons (Fsp3) is 0.524. The van der Waals surface area contributed by atoms with E-state index in [1.807, 2.05) is 19.2 Å². The number of piperidine rings is 1. The zero-order valence-electron chi connectivity index (χ0n) is 18.0. The number of anilines is 1. The summed E-state index contributed by atoms with van der Waals surface area (Å²) in [6, 6.07) is 5.65. The maximum Gasteiger partial charge on any atom is 0.243 e. The number of rotatable bonds is 7. The van der Waals surface area contributed by atoms with Crippen molar-refractivity contribution in [3.05, 3.63) is 41.5 Å². The first-order chi connectivity index (χ1) is 14.8. The van der Waals surface area contributed by atoms with Crippen molar-refractivity contribution in [1.29, 1.82) is 0 Å². The molecule has 3 heterocycles. The molecule has 1 aromatic carbocycles. The first-order valence-electron chi connectivity index (χ1n) is 10.6.